The van der Waals surface area contributed by atoms with Crippen molar-refractivity contribution in [1.82, 2.24) is 0 Å². The van der Waals surface area contributed by atoms with Crippen molar-refractivity contribution < 1.29 is 33.6 Å². The number of esters is 1. The number of aliphatic hydroxyl groups is 1. The molecule has 2 heterocycles. The molecule has 0 radical (unpaired) electrons. The second-order valence-electron chi connectivity index (χ2n) is 7.02. The molecule has 27 heavy (non-hydrogen) atoms. The van der Waals surface area contributed by atoms with Gasteiger partial charge < -0.3 is 28.8 Å². The van der Waals surface area contributed by atoms with E-state index < -0.39 is 28.9 Å². The van der Waals surface area contributed by atoms with Crippen molar-refractivity contribution in [2.24, 2.45) is 5.41 Å². The molecular weight excluding hydrogens is 352 g/mol. The molecule has 2 aliphatic rings. The molecule has 2 aliphatic heterocycles. The van der Waals surface area contributed by atoms with Gasteiger partial charge in [-0.25, -0.2) is 4.79 Å². The van der Waals surface area contributed by atoms with Crippen LogP contribution in [0.25, 0.3) is 0 Å². The van der Waals surface area contributed by atoms with Crippen molar-refractivity contribution >= 4 is 5.97 Å². The fraction of sp³-hybridized carbons (Fsp3) is 0.550. The van der Waals surface area contributed by atoms with Crippen LogP contribution in [0.3, 0.4) is 0 Å². The monoisotopic (exact) mass is 378 g/mol. The van der Waals surface area contributed by atoms with E-state index in [0.29, 0.717) is 13.2 Å². The molecule has 0 amide bonds. The van der Waals surface area contributed by atoms with Crippen molar-refractivity contribution in [1.29, 1.82) is 0 Å². The Labute approximate surface area is 158 Å². The van der Waals surface area contributed by atoms with Crippen LogP contribution < -0.4 is 0 Å². The summed E-state index contributed by atoms with van der Waals surface area (Å²) in [6.07, 6.45) is 0.269. The molecule has 7 heteroatoms. The van der Waals surface area contributed by atoms with Gasteiger partial charge in [0.25, 0.3) is 0 Å². The number of carbonyl (C=O) groups excluding carboxylic acids is 1. The number of methoxy groups -OCH3 is 1. The number of benzene rings is 1. The maximum atomic E-state index is 12.7. The van der Waals surface area contributed by atoms with Crippen LogP contribution in [0.4, 0.5) is 0 Å². The molecule has 2 unspecified atom stereocenters. The number of aliphatic hydroxyl groups excluding tert-OH is 1. The van der Waals surface area contributed by atoms with Crippen LogP contribution in [-0.2, 0) is 34.3 Å². The Balaban J connectivity index is 1.98. The molecule has 148 valence electrons. The predicted molar refractivity (Wildman–Crippen MR) is 95.6 cm³/mol. The van der Waals surface area contributed by atoms with Crippen molar-refractivity contribution in [3.63, 3.8) is 0 Å². The van der Waals surface area contributed by atoms with Gasteiger partial charge >= 0.3 is 5.97 Å². The average molecular weight is 378 g/mol. The maximum Gasteiger partial charge on any atom is 0.342 e. The highest BCUT2D eigenvalue weighted by atomic mass is 16.7. The largest absolute Gasteiger partial charge is 0.462 e. The smallest absolute Gasteiger partial charge is 0.342 e. The van der Waals surface area contributed by atoms with E-state index in [2.05, 4.69) is 6.58 Å². The molecule has 0 aliphatic carbocycles. The van der Waals surface area contributed by atoms with Gasteiger partial charge in [-0.05, 0) is 6.92 Å². The SMILES string of the molecule is C=C[C@@]1(C)COC(=O)C1(OCOC)C(O)CC1(c2ccccc2)OCCO1. The predicted octanol–water partition coefficient (Wildman–Crippen LogP) is 1.75. The molecular formula is C20H26O7. The number of hydrogen-bond donors (Lipinski definition) is 1. The molecule has 1 N–H and O–H groups in total. The zero-order chi connectivity index (χ0) is 19.5. The molecule has 0 aromatic heterocycles. The van der Waals surface area contributed by atoms with E-state index in [-0.39, 0.29) is 19.8 Å². The summed E-state index contributed by atoms with van der Waals surface area (Å²) >= 11 is 0. The van der Waals surface area contributed by atoms with E-state index >= 15 is 0 Å². The Morgan fingerprint density at radius 3 is 2.56 bits per heavy atom. The highest BCUT2D eigenvalue weighted by molar-refractivity contribution is 5.84. The normalized spacial score (nSPS) is 30.9. The van der Waals surface area contributed by atoms with Crippen LogP contribution >= 0.6 is 0 Å². The number of hydrogen-bond acceptors (Lipinski definition) is 7. The molecule has 0 saturated carbocycles. The van der Waals surface area contributed by atoms with Gasteiger partial charge in [0.15, 0.2) is 5.79 Å². The zero-order valence-corrected chi connectivity index (χ0v) is 15.7. The van der Waals surface area contributed by atoms with Crippen LogP contribution in [0.2, 0.25) is 0 Å². The summed E-state index contributed by atoms with van der Waals surface area (Å²) in [4.78, 5) is 12.7. The average Bonchev–Trinajstić information content (AvgIpc) is 3.26. The summed E-state index contributed by atoms with van der Waals surface area (Å²) in [5, 5.41) is 11.3. The van der Waals surface area contributed by atoms with Crippen molar-refractivity contribution in [2.75, 3.05) is 33.7 Å². The first-order valence-electron chi connectivity index (χ1n) is 8.89. The molecule has 3 rings (SSSR count). The third-order valence-electron chi connectivity index (χ3n) is 5.41. The molecule has 1 aromatic rings. The molecule has 3 atom stereocenters. The topological polar surface area (TPSA) is 83.5 Å². The van der Waals surface area contributed by atoms with Crippen molar-refractivity contribution in [3.05, 3.63) is 48.6 Å². The Morgan fingerprint density at radius 1 is 1.30 bits per heavy atom. The second-order valence-corrected chi connectivity index (χ2v) is 7.02. The lowest BCUT2D eigenvalue weighted by Gasteiger charge is -2.42. The zero-order valence-electron chi connectivity index (χ0n) is 15.7. The van der Waals surface area contributed by atoms with Crippen molar-refractivity contribution in [3.8, 4) is 0 Å². The fourth-order valence-electron chi connectivity index (χ4n) is 3.81. The Bertz CT molecular complexity index is 670. The molecule has 1 aromatic carbocycles. The minimum Gasteiger partial charge on any atom is -0.462 e. The lowest BCUT2D eigenvalue weighted by atomic mass is 9.70. The fourth-order valence-corrected chi connectivity index (χ4v) is 3.81. The van der Waals surface area contributed by atoms with E-state index in [0.717, 1.165) is 5.56 Å². The van der Waals surface area contributed by atoms with Crippen LogP contribution in [0, 0.1) is 5.41 Å². The standard InChI is InChI=1S/C20H26O7/c1-4-18(2)13-24-17(22)20(18,27-14-23-3)16(21)12-19(25-10-11-26-19)15-8-6-5-7-9-15/h4-9,16,21H,1,10-14H2,2-3H3/t16?,18-,20?/m0/s1. The molecule has 7 nitrogen and oxygen atoms in total. The van der Waals surface area contributed by atoms with Gasteiger partial charge in [0, 0.05) is 19.1 Å². The molecule has 2 saturated heterocycles. The molecule has 0 bridgehead atoms. The first kappa shape index (κ1) is 20.0. The number of rotatable bonds is 8. The summed E-state index contributed by atoms with van der Waals surface area (Å²) in [5.74, 6) is -1.83. The van der Waals surface area contributed by atoms with Gasteiger partial charge in [-0.3, -0.25) is 0 Å². The Kier molecular flexibility index (Phi) is 5.69. The first-order valence-corrected chi connectivity index (χ1v) is 8.89. The molecule has 2 fully saturated rings. The van der Waals surface area contributed by atoms with Crippen LogP contribution in [0.15, 0.2) is 43.0 Å². The van der Waals surface area contributed by atoms with E-state index in [1.165, 1.54) is 7.11 Å². The lowest BCUT2D eigenvalue weighted by Crippen LogP contribution is -2.60. The van der Waals surface area contributed by atoms with E-state index in [1.54, 1.807) is 13.0 Å². The van der Waals surface area contributed by atoms with Gasteiger partial charge in [-0.1, -0.05) is 36.4 Å². The third kappa shape index (κ3) is 3.19. The van der Waals surface area contributed by atoms with Gasteiger partial charge in [-0.15, -0.1) is 6.58 Å². The lowest BCUT2D eigenvalue weighted by molar-refractivity contribution is -0.239. The first-order chi connectivity index (χ1) is 12.9. The second kappa shape index (κ2) is 7.69. The highest BCUT2D eigenvalue weighted by Gasteiger charge is 2.66. The summed E-state index contributed by atoms with van der Waals surface area (Å²) in [6, 6.07) is 9.34. The Hall–Kier alpha value is -1.77. The minimum atomic E-state index is -1.68. The van der Waals surface area contributed by atoms with Crippen LogP contribution in [-0.4, -0.2) is 56.5 Å². The Morgan fingerprint density at radius 2 is 1.96 bits per heavy atom. The van der Waals surface area contributed by atoms with Crippen LogP contribution in [0.1, 0.15) is 18.9 Å². The third-order valence-corrected chi connectivity index (χ3v) is 5.41. The van der Waals surface area contributed by atoms with Gasteiger partial charge in [0.2, 0.25) is 5.60 Å². The van der Waals surface area contributed by atoms with Gasteiger partial charge in [-0.2, -0.15) is 0 Å². The van der Waals surface area contributed by atoms with E-state index in [1.807, 2.05) is 30.3 Å². The van der Waals surface area contributed by atoms with Gasteiger partial charge in [0.1, 0.15) is 19.5 Å². The maximum absolute atomic E-state index is 12.7. The summed E-state index contributed by atoms with van der Waals surface area (Å²) < 4.78 is 27.8. The highest BCUT2D eigenvalue weighted by Crippen LogP contribution is 2.48. The van der Waals surface area contributed by atoms with E-state index in [9.17, 15) is 9.90 Å². The van der Waals surface area contributed by atoms with Gasteiger partial charge in [0.05, 0.1) is 18.6 Å². The van der Waals surface area contributed by atoms with E-state index in [4.69, 9.17) is 23.7 Å². The number of cyclic esters (lactones) is 1. The van der Waals surface area contributed by atoms with Crippen LogP contribution in [0.5, 0.6) is 0 Å². The quantitative estimate of drug-likeness (QED) is 0.419. The minimum absolute atomic E-state index is 0.0146. The number of ether oxygens (including phenoxy) is 5. The summed E-state index contributed by atoms with van der Waals surface area (Å²) in [7, 11) is 1.44. The number of carbonyl (C=O) groups is 1. The summed E-state index contributed by atoms with van der Waals surface area (Å²) in [5.41, 5.74) is -1.87. The molecule has 0 spiro atoms. The summed E-state index contributed by atoms with van der Waals surface area (Å²) in [6.45, 7) is 6.21. The van der Waals surface area contributed by atoms with Crippen molar-refractivity contribution in [2.45, 2.75) is 30.8 Å².